The molecule has 1 saturated heterocycles. The van der Waals surface area contributed by atoms with Gasteiger partial charge in [0, 0.05) is 25.1 Å². The van der Waals surface area contributed by atoms with E-state index in [9.17, 15) is 9.90 Å². The van der Waals surface area contributed by atoms with Crippen LogP contribution in [0.2, 0.25) is 0 Å². The molecule has 0 radical (unpaired) electrons. The molecule has 0 saturated carbocycles. The predicted molar refractivity (Wildman–Crippen MR) is 92.8 cm³/mol. The third-order valence-corrected chi connectivity index (χ3v) is 3.44. The Morgan fingerprint density at radius 2 is 2.00 bits per heavy atom. The van der Waals surface area contributed by atoms with E-state index in [4.69, 9.17) is 18.9 Å². The highest BCUT2D eigenvalue weighted by Gasteiger charge is 2.15. The maximum Gasteiger partial charge on any atom is 0.260 e. The zero-order chi connectivity index (χ0) is 18.5. The van der Waals surface area contributed by atoms with Crippen LogP contribution < -0.4 is 5.43 Å². The van der Waals surface area contributed by atoms with Gasteiger partial charge in [0.05, 0.1) is 45.7 Å². The number of hydrogen-bond acceptors (Lipinski definition) is 7. The van der Waals surface area contributed by atoms with Gasteiger partial charge in [-0.2, -0.15) is 0 Å². The fraction of sp³-hybridized carbons (Fsp3) is 0.824. The molecular formula is C17H32N2O6. The van der Waals surface area contributed by atoms with E-state index >= 15 is 0 Å². The quantitative estimate of drug-likeness (QED) is 0.264. The van der Waals surface area contributed by atoms with Gasteiger partial charge in [0.25, 0.3) is 5.91 Å². The maximum absolute atomic E-state index is 11.7. The summed E-state index contributed by atoms with van der Waals surface area (Å²) in [7, 11) is 0. The van der Waals surface area contributed by atoms with E-state index in [0.29, 0.717) is 58.1 Å². The summed E-state index contributed by atoms with van der Waals surface area (Å²) in [5.74, 6) is -0.245. The first-order valence-corrected chi connectivity index (χ1v) is 8.81. The summed E-state index contributed by atoms with van der Waals surface area (Å²) in [5.41, 5.74) is 3.15. The van der Waals surface area contributed by atoms with Gasteiger partial charge in [0.15, 0.2) is 6.29 Å². The third kappa shape index (κ3) is 10.5. The van der Waals surface area contributed by atoms with Crippen molar-refractivity contribution in [2.75, 3.05) is 52.7 Å². The number of nitrogens with one attached hydrogen (secondary N) is 1. The highest BCUT2D eigenvalue weighted by atomic mass is 16.7. The van der Waals surface area contributed by atoms with Crippen molar-refractivity contribution in [3.8, 4) is 0 Å². The number of aliphatic hydroxyl groups excluding tert-OH is 1. The van der Waals surface area contributed by atoms with Crippen molar-refractivity contribution >= 4 is 5.91 Å². The molecule has 8 nitrogen and oxygen atoms in total. The summed E-state index contributed by atoms with van der Waals surface area (Å²) in [5, 5.41) is 11.7. The number of aliphatic hydroxyl groups is 1. The van der Waals surface area contributed by atoms with Crippen molar-refractivity contribution in [1.82, 2.24) is 10.4 Å². The van der Waals surface area contributed by atoms with E-state index in [-0.39, 0.29) is 18.8 Å². The van der Waals surface area contributed by atoms with Crippen molar-refractivity contribution in [3.63, 3.8) is 0 Å². The van der Waals surface area contributed by atoms with Gasteiger partial charge in [-0.3, -0.25) is 10.2 Å². The molecule has 1 heterocycles. The highest BCUT2D eigenvalue weighted by molar-refractivity contribution is 5.91. The Bertz CT molecular complexity index is 387. The number of nitrogens with zero attached hydrogens (tertiary/aromatic N) is 1. The van der Waals surface area contributed by atoms with E-state index in [1.165, 1.54) is 0 Å². The van der Waals surface area contributed by atoms with Gasteiger partial charge in [-0.25, -0.2) is 5.01 Å². The molecule has 0 aromatic heterocycles. The van der Waals surface area contributed by atoms with E-state index in [2.05, 4.69) is 12.0 Å². The molecule has 0 aromatic rings. The minimum absolute atomic E-state index is 0.151. The molecule has 0 aliphatic carbocycles. The van der Waals surface area contributed by atoms with Gasteiger partial charge in [0.1, 0.15) is 0 Å². The van der Waals surface area contributed by atoms with Gasteiger partial charge in [-0.1, -0.05) is 13.5 Å². The van der Waals surface area contributed by atoms with Crippen LogP contribution in [0.15, 0.2) is 12.2 Å². The molecule has 1 fully saturated rings. The Hall–Kier alpha value is -1.03. The van der Waals surface area contributed by atoms with Crippen molar-refractivity contribution in [3.05, 3.63) is 12.2 Å². The molecular weight excluding hydrogens is 328 g/mol. The molecule has 8 heteroatoms. The summed E-state index contributed by atoms with van der Waals surface area (Å²) in [6, 6.07) is 0. The summed E-state index contributed by atoms with van der Waals surface area (Å²) in [4.78, 5) is 11.7. The van der Waals surface area contributed by atoms with E-state index in [1.54, 1.807) is 11.9 Å². The molecule has 1 aliphatic rings. The van der Waals surface area contributed by atoms with Crippen molar-refractivity contribution < 1.29 is 28.8 Å². The van der Waals surface area contributed by atoms with Crippen LogP contribution in [0.25, 0.3) is 0 Å². The minimum atomic E-state index is -0.697. The monoisotopic (exact) mass is 360 g/mol. The van der Waals surface area contributed by atoms with Crippen LogP contribution in [0, 0.1) is 0 Å². The lowest BCUT2D eigenvalue weighted by atomic mass is 10.3. The molecule has 1 amide bonds. The summed E-state index contributed by atoms with van der Waals surface area (Å²) >= 11 is 0. The van der Waals surface area contributed by atoms with Crippen LogP contribution in [0.4, 0.5) is 0 Å². The number of hydrogen-bond donors (Lipinski definition) is 2. The Morgan fingerprint density at radius 1 is 1.32 bits per heavy atom. The molecule has 2 N–H and O–H groups in total. The first-order valence-electron chi connectivity index (χ1n) is 8.81. The van der Waals surface area contributed by atoms with Gasteiger partial charge in [-0.05, 0) is 13.3 Å². The molecule has 1 aliphatic heterocycles. The zero-order valence-electron chi connectivity index (χ0n) is 15.4. The smallest absolute Gasteiger partial charge is 0.260 e. The predicted octanol–water partition coefficient (Wildman–Crippen LogP) is 0.463. The molecule has 0 spiro atoms. The molecule has 1 atom stereocenters. The summed E-state index contributed by atoms with van der Waals surface area (Å²) < 4.78 is 21.4. The van der Waals surface area contributed by atoms with Crippen LogP contribution in [0.5, 0.6) is 0 Å². The highest BCUT2D eigenvalue weighted by Crippen LogP contribution is 2.07. The van der Waals surface area contributed by atoms with Gasteiger partial charge < -0.3 is 24.1 Å². The molecule has 1 unspecified atom stereocenters. The summed E-state index contributed by atoms with van der Waals surface area (Å²) in [6.45, 7) is 11.1. The second-order valence-corrected chi connectivity index (χ2v) is 5.97. The van der Waals surface area contributed by atoms with Gasteiger partial charge in [0.2, 0.25) is 0 Å². The summed E-state index contributed by atoms with van der Waals surface area (Å²) in [6.07, 6.45) is 0.711. The Morgan fingerprint density at radius 3 is 2.64 bits per heavy atom. The van der Waals surface area contributed by atoms with Crippen LogP contribution in [-0.2, 0) is 23.7 Å². The Balaban J connectivity index is 2.05. The van der Waals surface area contributed by atoms with Gasteiger partial charge >= 0.3 is 0 Å². The molecule has 1 rings (SSSR count). The number of rotatable bonds is 14. The number of ether oxygens (including phenoxy) is 4. The average Bonchev–Trinajstić information content (AvgIpc) is 3.07. The molecule has 25 heavy (non-hydrogen) atoms. The standard InChI is InChI=1S/C17H32N2O6/c1-4-6-19(18-17(21)14(2)3)12-15(20)13-23-9-8-22-7-5-16-24-10-11-25-16/h15-16,20H,2,4-13H2,1,3H3,(H,18,21). The van der Waals surface area contributed by atoms with E-state index < -0.39 is 6.10 Å². The zero-order valence-corrected chi connectivity index (χ0v) is 15.4. The van der Waals surface area contributed by atoms with Crippen LogP contribution in [0.3, 0.4) is 0 Å². The van der Waals surface area contributed by atoms with Crippen LogP contribution in [0.1, 0.15) is 26.7 Å². The largest absolute Gasteiger partial charge is 0.389 e. The topological polar surface area (TPSA) is 89.5 Å². The minimum Gasteiger partial charge on any atom is -0.389 e. The lowest BCUT2D eigenvalue weighted by Crippen LogP contribution is -2.47. The molecule has 146 valence electrons. The number of carbonyl (C=O) groups is 1. The number of amides is 1. The van der Waals surface area contributed by atoms with Crippen molar-refractivity contribution in [1.29, 1.82) is 0 Å². The van der Waals surface area contributed by atoms with Crippen molar-refractivity contribution in [2.45, 2.75) is 39.1 Å². The maximum atomic E-state index is 11.7. The number of hydrazine groups is 1. The second-order valence-electron chi connectivity index (χ2n) is 5.97. The van der Waals surface area contributed by atoms with Crippen molar-refractivity contribution in [2.24, 2.45) is 0 Å². The molecule has 0 aromatic carbocycles. The SMILES string of the molecule is C=C(C)C(=O)NN(CCC)CC(O)COCCOCCC1OCCO1. The van der Waals surface area contributed by atoms with Crippen LogP contribution >= 0.6 is 0 Å². The van der Waals surface area contributed by atoms with E-state index in [1.807, 2.05) is 6.92 Å². The first-order chi connectivity index (χ1) is 12.0. The van der Waals surface area contributed by atoms with Gasteiger partial charge in [-0.15, -0.1) is 0 Å². The van der Waals surface area contributed by atoms with E-state index in [0.717, 1.165) is 6.42 Å². The lowest BCUT2D eigenvalue weighted by Gasteiger charge is -2.25. The first kappa shape index (κ1) is 22.0. The Labute approximate surface area is 150 Å². The van der Waals surface area contributed by atoms with Crippen LogP contribution in [-0.4, -0.2) is 81.1 Å². The fourth-order valence-electron chi connectivity index (χ4n) is 2.20. The third-order valence-electron chi connectivity index (χ3n) is 3.44. The number of carbonyl (C=O) groups excluding carboxylic acids is 1. The molecule has 0 bridgehead atoms. The lowest BCUT2D eigenvalue weighted by molar-refractivity contribution is -0.123. The second kappa shape index (κ2) is 13.2. The Kier molecular flexibility index (Phi) is 11.6. The normalized spacial score (nSPS) is 16.3. The fourth-order valence-corrected chi connectivity index (χ4v) is 2.20. The average molecular weight is 360 g/mol.